The van der Waals surface area contributed by atoms with Crippen LogP contribution in [0.25, 0.3) is 5.57 Å². The van der Waals surface area contributed by atoms with Crippen molar-refractivity contribution in [1.82, 2.24) is 15.1 Å². The normalized spacial score (nSPS) is 23.5. The summed E-state index contributed by atoms with van der Waals surface area (Å²) < 4.78 is 0. The van der Waals surface area contributed by atoms with Crippen LogP contribution in [-0.2, 0) is 11.3 Å². The van der Waals surface area contributed by atoms with Gasteiger partial charge in [0, 0.05) is 44.7 Å². The van der Waals surface area contributed by atoms with Crippen LogP contribution in [0.4, 0.5) is 0 Å². The molecule has 2 amide bonds. The Morgan fingerprint density at radius 2 is 2.20 bits per heavy atom. The lowest BCUT2D eigenvalue weighted by Crippen LogP contribution is -2.46. The maximum atomic E-state index is 12.7. The number of piperidine rings is 1. The zero-order valence-corrected chi connectivity index (χ0v) is 14.8. The Kier molecular flexibility index (Phi) is 4.34. The molecule has 0 aliphatic carbocycles. The number of amides is 2. The molecule has 0 bridgehead atoms. The molecule has 1 atom stereocenters. The summed E-state index contributed by atoms with van der Waals surface area (Å²) in [5.41, 5.74) is 4.47. The minimum Gasteiger partial charge on any atom is -0.339 e. The number of benzene rings is 1. The van der Waals surface area contributed by atoms with E-state index < -0.39 is 0 Å². The molecular formula is C20H25N3O2. The van der Waals surface area contributed by atoms with E-state index in [1.807, 2.05) is 15.9 Å². The fourth-order valence-corrected chi connectivity index (χ4v) is 4.15. The Bertz CT molecular complexity index is 734. The van der Waals surface area contributed by atoms with Crippen molar-refractivity contribution in [3.8, 4) is 0 Å². The first kappa shape index (κ1) is 16.3. The average Bonchev–Trinajstić information content (AvgIpc) is 2.99. The van der Waals surface area contributed by atoms with Gasteiger partial charge in [0.05, 0.1) is 0 Å². The molecule has 132 valence electrons. The highest BCUT2D eigenvalue weighted by molar-refractivity contribution is 5.99. The van der Waals surface area contributed by atoms with E-state index in [1.165, 1.54) is 11.1 Å². The smallest absolute Gasteiger partial charge is 0.254 e. The third kappa shape index (κ3) is 3.09. The number of fused-ring (bicyclic) bond motifs is 1. The van der Waals surface area contributed by atoms with Gasteiger partial charge in [0.2, 0.25) is 5.91 Å². The van der Waals surface area contributed by atoms with E-state index in [0.717, 1.165) is 56.6 Å². The van der Waals surface area contributed by atoms with Gasteiger partial charge in [-0.2, -0.15) is 0 Å². The average molecular weight is 339 g/mol. The summed E-state index contributed by atoms with van der Waals surface area (Å²) in [7, 11) is 0. The monoisotopic (exact) mass is 339 g/mol. The molecule has 0 radical (unpaired) electrons. The Balaban J connectivity index is 1.53. The lowest BCUT2D eigenvalue weighted by atomic mass is 9.96. The number of nitrogens with zero attached hydrogens (tertiary/aromatic N) is 2. The van der Waals surface area contributed by atoms with Gasteiger partial charge in [-0.1, -0.05) is 12.1 Å². The van der Waals surface area contributed by atoms with Gasteiger partial charge in [-0.15, -0.1) is 0 Å². The van der Waals surface area contributed by atoms with Gasteiger partial charge in [-0.05, 0) is 54.6 Å². The van der Waals surface area contributed by atoms with Crippen molar-refractivity contribution in [2.75, 3.05) is 26.2 Å². The second-order valence-electron chi connectivity index (χ2n) is 7.25. The summed E-state index contributed by atoms with van der Waals surface area (Å²) in [6.45, 7) is 5.76. The molecule has 1 fully saturated rings. The van der Waals surface area contributed by atoms with Gasteiger partial charge in [0.25, 0.3) is 5.91 Å². The van der Waals surface area contributed by atoms with Gasteiger partial charge >= 0.3 is 0 Å². The quantitative estimate of drug-likeness (QED) is 0.897. The van der Waals surface area contributed by atoms with Crippen LogP contribution in [0.5, 0.6) is 0 Å². The van der Waals surface area contributed by atoms with Crippen LogP contribution in [0.1, 0.15) is 47.7 Å². The van der Waals surface area contributed by atoms with E-state index in [1.54, 1.807) is 6.92 Å². The summed E-state index contributed by atoms with van der Waals surface area (Å²) >= 11 is 0. The van der Waals surface area contributed by atoms with Gasteiger partial charge in [0.1, 0.15) is 0 Å². The molecule has 1 aromatic rings. The number of rotatable bonds is 2. The molecule has 0 spiro atoms. The van der Waals surface area contributed by atoms with Crippen LogP contribution >= 0.6 is 0 Å². The molecule has 0 saturated carbocycles. The molecular weight excluding hydrogens is 314 g/mol. The van der Waals surface area contributed by atoms with Gasteiger partial charge in [0.15, 0.2) is 0 Å². The lowest BCUT2D eigenvalue weighted by Gasteiger charge is -2.31. The predicted molar refractivity (Wildman–Crippen MR) is 97.1 cm³/mol. The van der Waals surface area contributed by atoms with Gasteiger partial charge in [-0.3, -0.25) is 9.59 Å². The molecule has 1 N–H and O–H groups in total. The first-order valence-corrected chi connectivity index (χ1v) is 9.23. The molecule has 0 aromatic heterocycles. The standard InChI is InChI=1S/C20H25N3O2/c1-14(24)22-9-6-15(7-10-22)16-4-5-19-17(11-16)13-23(20(19)25)18-3-2-8-21-12-18/h4-6,11,18,21H,2-3,7-10,12-13H2,1H3. The Morgan fingerprint density at radius 1 is 1.32 bits per heavy atom. The number of carbonyl (C=O) groups excluding carboxylic acids is 2. The summed E-state index contributed by atoms with van der Waals surface area (Å²) in [4.78, 5) is 28.1. The molecule has 3 aliphatic heterocycles. The summed E-state index contributed by atoms with van der Waals surface area (Å²) in [5.74, 6) is 0.308. The third-order valence-corrected chi connectivity index (χ3v) is 5.67. The van der Waals surface area contributed by atoms with Crippen LogP contribution in [-0.4, -0.2) is 53.8 Å². The fraction of sp³-hybridized carbons (Fsp3) is 0.500. The number of nitrogens with one attached hydrogen (secondary N) is 1. The van der Waals surface area contributed by atoms with E-state index in [9.17, 15) is 9.59 Å². The highest BCUT2D eigenvalue weighted by Gasteiger charge is 2.33. The second kappa shape index (κ2) is 6.64. The van der Waals surface area contributed by atoms with Crippen molar-refractivity contribution in [3.63, 3.8) is 0 Å². The molecule has 1 aromatic carbocycles. The Morgan fingerprint density at radius 3 is 2.88 bits per heavy atom. The van der Waals surface area contributed by atoms with Gasteiger partial charge < -0.3 is 15.1 Å². The molecule has 5 nitrogen and oxygen atoms in total. The molecule has 4 rings (SSSR count). The van der Waals surface area contributed by atoms with Crippen LogP contribution in [0.3, 0.4) is 0 Å². The topological polar surface area (TPSA) is 52.7 Å². The summed E-state index contributed by atoms with van der Waals surface area (Å²) in [6.07, 6.45) is 5.25. The Hall–Kier alpha value is -2.14. The van der Waals surface area contributed by atoms with Crippen molar-refractivity contribution in [2.24, 2.45) is 0 Å². The maximum Gasteiger partial charge on any atom is 0.254 e. The molecule has 25 heavy (non-hydrogen) atoms. The van der Waals surface area contributed by atoms with E-state index >= 15 is 0 Å². The van der Waals surface area contributed by atoms with E-state index in [0.29, 0.717) is 12.6 Å². The molecule has 3 aliphatic rings. The minimum atomic E-state index is 0.131. The molecule has 3 heterocycles. The largest absolute Gasteiger partial charge is 0.339 e. The number of carbonyl (C=O) groups is 2. The highest BCUT2D eigenvalue weighted by Crippen LogP contribution is 2.31. The van der Waals surface area contributed by atoms with Crippen molar-refractivity contribution < 1.29 is 9.59 Å². The molecule has 1 unspecified atom stereocenters. The first-order valence-electron chi connectivity index (χ1n) is 9.23. The lowest BCUT2D eigenvalue weighted by molar-refractivity contribution is -0.128. The Labute approximate surface area is 148 Å². The van der Waals surface area contributed by atoms with E-state index in [4.69, 9.17) is 0 Å². The highest BCUT2D eigenvalue weighted by atomic mass is 16.2. The van der Waals surface area contributed by atoms with Crippen molar-refractivity contribution in [2.45, 2.75) is 38.8 Å². The first-order chi connectivity index (χ1) is 12.1. The van der Waals surface area contributed by atoms with Crippen LogP contribution < -0.4 is 5.32 Å². The van der Waals surface area contributed by atoms with E-state index in [-0.39, 0.29) is 11.8 Å². The number of hydrogen-bond donors (Lipinski definition) is 1. The fourth-order valence-electron chi connectivity index (χ4n) is 4.15. The molecule has 1 saturated heterocycles. The van der Waals surface area contributed by atoms with Crippen LogP contribution in [0, 0.1) is 0 Å². The maximum absolute atomic E-state index is 12.7. The SMILES string of the molecule is CC(=O)N1CC=C(c2ccc3c(c2)CN(C2CCCNC2)C3=O)CC1. The summed E-state index contributed by atoms with van der Waals surface area (Å²) in [6, 6.07) is 6.55. The summed E-state index contributed by atoms with van der Waals surface area (Å²) in [5, 5.41) is 3.40. The van der Waals surface area contributed by atoms with E-state index in [2.05, 4.69) is 23.5 Å². The molecule has 5 heteroatoms. The van der Waals surface area contributed by atoms with Crippen LogP contribution in [0.2, 0.25) is 0 Å². The van der Waals surface area contributed by atoms with Crippen molar-refractivity contribution in [1.29, 1.82) is 0 Å². The predicted octanol–water partition coefficient (Wildman–Crippen LogP) is 2.03. The number of hydrogen-bond acceptors (Lipinski definition) is 3. The minimum absolute atomic E-state index is 0.131. The second-order valence-corrected chi connectivity index (χ2v) is 7.25. The third-order valence-electron chi connectivity index (χ3n) is 5.67. The zero-order valence-electron chi connectivity index (χ0n) is 14.8. The zero-order chi connectivity index (χ0) is 17.4. The van der Waals surface area contributed by atoms with Gasteiger partial charge in [-0.25, -0.2) is 0 Å². The van der Waals surface area contributed by atoms with Crippen molar-refractivity contribution in [3.05, 3.63) is 41.0 Å². The van der Waals surface area contributed by atoms with Crippen molar-refractivity contribution >= 4 is 17.4 Å². The van der Waals surface area contributed by atoms with Crippen LogP contribution in [0.15, 0.2) is 24.3 Å².